The molecule has 6 heteroatoms. The number of rotatable bonds is 3. The molecular formula is C20H24N2O4. The van der Waals surface area contributed by atoms with Gasteiger partial charge in [-0.2, -0.15) is 0 Å². The van der Waals surface area contributed by atoms with Gasteiger partial charge in [-0.3, -0.25) is 9.59 Å². The molecule has 0 spiro atoms. The van der Waals surface area contributed by atoms with E-state index >= 15 is 0 Å². The number of nitrogens with zero attached hydrogens (tertiary/aromatic N) is 1. The molecule has 1 fully saturated rings. The van der Waals surface area contributed by atoms with E-state index in [1.807, 2.05) is 26.0 Å². The van der Waals surface area contributed by atoms with Crippen molar-refractivity contribution < 1.29 is 14.0 Å². The molecule has 2 aromatic rings. The largest absolute Gasteiger partial charge is 0.422 e. The van der Waals surface area contributed by atoms with E-state index in [0.717, 1.165) is 5.39 Å². The fourth-order valence-corrected chi connectivity index (χ4v) is 3.46. The van der Waals surface area contributed by atoms with Crippen molar-refractivity contribution in [2.24, 2.45) is 5.92 Å². The van der Waals surface area contributed by atoms with E-state index in [1.165, 1.54) is 0 Å². The maximum Gasteiger partial charge on any atom is 0.349 e. The number of amides is 2. The van der Waals surface area contributed by atoms with E-state index in [2.05, 4.69) is 5.32 Å². The van der Waals surface area contributed by atoms with Gasteiger partial charge in [-0.25, -0.2) is 4.79 Å². The Morgan fingerprint density at radius 2 is 1.85 bits per heavy atom. The number of aryl methyl sites for hydroxylation is 1. The monoisotopic (exact) mass is 356 g/mol. The van der Waals surface area contributed by atoms with Gasteiger partial charge in [-0.05, 0) is 45.2 Å². The molecule has 1 aliphatic rings. The summed E-state index contributed by atoms with van der Waals surface area (Å²) in [5.41, 5.74) is 0.608. The Labute approximate surface area is 152 Å². The molecule has 0 aliphatic carbocycles. The first-order valence-corrected chi connectivity index (χ1v) is 9.00. The van der Waals surface area contributed by atoms with Gasteiger partial charge in [0.2, 0.25) is 5.91 Å². The van der Waals surface area contributed by atoms with Gasteiger partial charge in [-0.15, -0.1) is 0 Å². The molecule has 2 heterocycles. The highest BCUT2D eigenvalue weighted by molar-refractivity contribution is 5.99. The van der Waals surface area contributed by atoms with Crippen LogP contribution >= 0.6 is 0 Å². The number of carbonyl (C=O) groups is 2. The SMILES string of the molecule is Cc1c(C(=O)N2CCC(C(=O)NC(C)C)CC2)c(=O)oc2ccccc12. The maximum absolute atomic E-state index is 12.9. The van der Waals surface area contributed by atoms with Crippen LogP contribution in [0.4, 0.5) is 0 Å². The van der Waals surface area contributed by atoms with Crippen molar-refractivity contribution >= 4 is 22.8 Å². The molecule has 0 saturated carbocycles. The van der Waals surface area contributed by atoms with E-state index in [-0.39, 0.29) is 29.3 Å². The van der Waals surface area contributed by atoms with Gasteiger partial charge in [0.05, 0.1) is 0 Å². The van der Waals surface area contributed by atoms with Gasteiger partial charge in [0.1, 0.15) is 11.1 Å². The van der Waals surface area contributed by atoms with Crippen LogP contribution in [-0.4, -0.2) is 35.8 Å². The molecule has 6 nitrogen and oxygen atoms in total. The molecule has 1 saturated heterocycles. The van der Waals surface area contributed by atoms with E-state index in [9.17, 15) is 14.4 Å². The Bertz CT molecular complexity index is 892. The van der Waals surface area contributed by atoms with E-state index in [1.54, 1.807) is 24.0 Å². The smallest absolute Gasteiger partial charge is 0.349 e. The van der Waals surface area contributed by atoms with E-state index in [4.69, 9.17) is 4.42 Å². The Morgan fingerprint density at radius 1 is 1.19 bits per heavy atom. The summed E-state index contributed by atoms with van der Waals surface area (Å²) in [6.07, 6.45) is 1.20. The van der Waals surface area contributed by atoms with Crippen molar-refractivity contribution in [2.75, 3.05) is 13.1 Å². The Hall–Kier alpha value is -2.63. The topological polar surface area (TPSA) is 79.6 Å². The average Bonchev–Trinajstić information content (AvgIpc) is 2.61. The fourth-order valence-electron chi connectivity index (χ4n) is 3.46. The number of para-hydroxylation sites is 1. The molecule has 0 unspecified atom stereocenters. The highest BCUT2D eigenvalue weighted by atomic mass is 16.4. The number of hydrogen-bond acceptors (Lipinski definition) is 4. The zero-order valence-corrected chi connectivity index (χ0v) is 15.4. The number of fused-ring (bicyclic) bond motifs is 1. The maximum atomic E-state index is 12.9. The lowest BCUT2D eigenvalue weighted by Crippen LogP contribution is -2.45. The normalized spacial score (nSPS) is 15.5. The quantitative estimate of drug-likeness (QED) is 0.857. The summed E-state index contributed by atoms with van der Waals surface area (Å²) in [5.74, 6) is -0.367. The third kappa shape index (κ3) is 3.49. The first-order valence-electron chi connectivity index (χ1n) is 9.00. The third-order valence-corrected chi connectivity index (χ3v) is 4.87. The van der Waals surface area contributed by atoms with Gasteiger partial charge < -0.3 is 14.6 Å². The van der Waals surface area contributed by atoms with Gasteiger partial charge in [0, 0.05) is 30.4 Å². The van der Waals surface area contributed by atoms with Crippen LogP contribution in [0.5, 0.6) is 0 Å². The van der Waals surface area contributed by atoms with Crippen molar-refractivity contribution in [3.63, 3.8) is 0 Å². The van der Waals surface area contributed by atoms with Crippen molar-refractivity contribution in [3.8, 4) is 0 Å². The number of carbonyl (C=O) groups excluding carboxylic acids is 2. The van der Waals surface area contributed by atoms with Gasteiger partial charge in [0.25, 0.3) is 5.91 Å². The van der Waals surface area contributed by atoms with Crippen molar-refractivity contribution in [2.45, 2.75) is 39.7 Å². The predicted molar refractivity (Wildman–Crippen MR) is 99.1 cm³/mol. The van der Waals surface area contributed by atoms with Crippen LogP contribution in [0, 0.1) is 12.8 Å². The summed E-state index contributed by atoms with van der Waals surface area (Å²) in [7, 11) is 0. The highest BCUT2D eigenvalue weighted by Crippen LogP contribution is 2.23. The zero-order chi connectivity index (χ0) is 18.8. The first-order chi connectivity index (χ1) is 12.4. The summed E-state index contributed by atoms with van der Waals surface area (Å²) in [4.78, 5) is 39.0. The number of nitrogens with one attached hydrogen (secondary N) is 1. The lowest BCUT2D eigenvalue weighted by Gasteiger charge is -2.31. The second kappa shape index (κ2) is 7.32. The second-order valence-corrected chi connectivity index (χ2v) is 7.12. The van der Waals surface area contributed by atoms with Crippen molar-refractivity contribution in [1.82, 2.24) is 10.2 Å². The Kier molecular flexibility index (Phi) is 5.11. The van der Waals surface area contributed by atoms with Crippen LogP contribution < -0.4 is 10.9 Å². The minimum Gasteiger partial charge on any atom is -0.422 e. The van der Waals surface area contributed by atoms with Crippen LogP contribution in [0.25, 0.3) is 11.0 Å². The summed E-state index contributed by atoms with van der Waals surface area (Å²) < 4.78 is 5.32. The molecule has 26 heavy (non-hydrogen) atoms. The minimum absolute atomic E-state index is 0.0356. The molecule has 0 atom stereocenters. The molecular weight excluding hydrogens is 332 g/mol. The van der Waals surface area contributed by atoms with Crippen LogP contribution in [0.1, 0.15) is 42.6 Å². The Morgan fingerprint density at radius 3 is 2.50 bits per heavy atom. The lowest BCUT2D eigenvalue weighted by molar-refractivity contribution is -0.126. The van der Waals surface area contributed by atoms with Crippen molar-refractivity contribution in [1.29, 1.82) is 0 Å². The molecule has 138 valence electrons. The number of benzene rings is 1. The molecule has 2 amide bonds. The second-order valence-electron chi connectivity index (χ2n) is 7.12. The van der Waals surface area contributed by atoms with Crippen LogP contribution in [-0.2, 0) is 4.79 Å². The van der Waals surface area contributed by atoms with E-state index < -0.39 is 5.63 Å². The molecule has 1 N–H and O–H groups in total. The number of likely N-dealkylation sites (tertiary alicyclic amines) is 1. The fraction of sp³-hybridized carbons (Fsp3) is 0.450. The first kappa shape index (κ1) is 18.2. The third-order valence-electron chi connectivity index (χ3n) is 4.87. The van der Waals surface area contributed by atoms with Gasteiger partial charge in [-0.1, -0.05) is 18.2 Å². The molecule has 3 rings (SSSR count). The minimum atomic E-state index is -0.606. The summed E-state index contributed by atoms with van der Waals surface area (Å²) >= 11 is 0. The Balaban J connectivity index is 1.78. The highest BCUT2D eigenvalue weighted by Gasteiger charge is 2.30. The summed E-state index contributed by atoms with van der Waals surface area (Å²) in [5, 5.41) is 3.68. The van der Waals surface area contributed by atoms with Crippen LogP contribution in [0.3, 0.4) is 0 Å². The molecule has 1 aromatic heterocycles. The molecule has 0 radical (unpaired) electrons. The average molecular weight is 356 g/mol. The predicted octanol–water partition coefficient (Wildman–Crippen LogP) is 2.48. The molecule has 1 aliphatic heterocycles. The van der Waals surface area contributed by atoms with Gasteiger partial charge >= 0.3 is 5.63 Å². The summed E-state index contributed by atoms with van der Waals surface area (Å²) in [6, 6.07) is 7.30. The number of hydrogen-bond donors (Lipinski definition) is 1. The molecule has 1 aromatic carbocycles. The standard InChI is InChI=1S/C20H24N2O4/c1-12(2)21-18(23)14-8-10-22(11-9-14)19(24)17-13(3)15-6-4-5-7-16(15)26-20(17)25/h4-7,12,14H,8-11H2,1-3H3,(H,21,23). The lowest BCUT2D eigenvalue weighted by atomic mass is 9.94. The number of piperidine rings is 1. The van der Waals surface area contributed by atoms with Crippen molar-refractivity contribution in [3.05, 3.63) is 45.8 Å². The zero-order valence-electron chi connectivity index (χ0n) is 15.4. The summed E-state index contributed by atoms with van der Waals surface area (Å²) in [6.45, 7) is 6.55. The van der Waals surface area contributed by atoms with Crippen LogP contribution in [0.15, 0.2) is 33.5 Å². The van der Waals surface area contributed by atoms with Crippen LogP contribution in [0.2, 0.25) is 0 Å². The van der Waals surface area contributed by atoms with E-state index in [0.29, 0.717) is 37.1 Å². The van der Waals surface area contributed by atoms with Gasteiger partial charge in [0.15, 0.2) is 0 Å². The molecule has 0 bridgehead atoms.